The highest BCUT2D eigenvalue weighted by Gasteiger charge is 2.43. The SMILES string of the molecule is CC(C)c1ccc(N(C(=O)C2CC2C)c2nc3ccccc3s2)cc1. The highest BCUT2D eigenvalue weighted by molar-refractivity contribution is 7.22. The Morgan fingerprint density at radius 3 is 2.44 bits per heavy atom. The van der Waals surface area contributed by atoms with Crippen molar-refractivity contribution in [1.29, 1.82) is 0 Å². The van der Waals surface area contributed by atoms with Crippen LogP contribution in [0, 0.1) is 11.8 Å². The summed E-state index contributed by atoms with van der Waals surface area (Å²) in [5.74, 6) is 1.24. The fourth-order valence-electron chi connectivity index (χ4n) is 3.13. The Bertz CT molecular complexity index is 880. The number of benzene rings is 2. The lowest BCUT2D eigenvalue weighted by atomic mass is 10.0. The molecule has 1 aromatic heterocycles. The van der Waals surface area contributed by atoms with Gasteiger partial charge in [0, 0.05) is 5.92 Å². The van der Waals surface area contributed by atoms with Crippen LogP contribution in [0.5, 0.6) is 0 Å². The number of rotatable bonds is 4. The van der Waals surface area contributed by atoms with Crippen molar-refractivity contribution < 1.29 is 4.79 Å². The van der Waals surface area contributed by atoms with Crippen molar-refractivity contribution in [3.05, 3.63) is 54.1 Å². The number of carbonyl (C=O) groups is 1. The summed E-state index contributed by atoms with van der Waals surface area (Å²) in [4.78, 5) is 19.7. The van der Waals surface area contributed by atoms with E-state index >= 15 is 0 Å². The summed E-state index contributed by atoms with van der Waals surface area (Å²) in [6.45, 7) is 6.50. The molecule has 0 spiro atoms. The third-order valence-electron chi connectivity index (χ3n) is 4.94. The molecule has 2 unspecified atom stereocenters. The molecular weight excluding hydrogens is 328 g/mol. The van der Waals surface area contributed by atoms with Crippen LogP contribution >= 0.6 is 11.3 Å². The Labute approximate surface area is 152 Å². The van der Waals surface area contributed by atoms with Gasteiger partial charge in [0.25, 0.3) is 0 Å². The second-order valence-corrected chi connectivity index (χ2v) is 8.21. The van der Waals surface area contributed by atoms with E-state index in [2.05, 4.69) is 39.0 Å². The van der Waals surface area contributed by atoms with Gasteiger partial charge in [0.2, 0.25) is 5.91 Å². The van der Waals surface area contributed by atoms with E-state index in [0.717, 1.165) is 27.5 Å². The van der Waals surface area contributed by atoms with E-state index < -0.39 is 0 Å². The summed E-state index contributed by atoms with van der Waals surface area (Å²) in [6, 6.07) is 16.4. The maximum absolute atomic E-state index is 13.1. The van der Waals surface area contributed by atoms with Gasteiger partial charge in [-0.2, -0.15) is 0 Å². The van der Waals surface area contributed by atoms with Crippen molar-refractivity contribution in [3.8, 4) is 0 Å². The third kappa shape index (κ3) is 3.07. The fourth-order valence-corrected chi connectivity index (χ4v) is 4.12. The molecule has 2 atom stereocenters. The van der Waals surface area contributed by atoms with Gasteiger partial charge in [-0.3, -0.25) is 9.69 Å². The Morgan fingerprint density at radius 2 is 1.84 bits per heavy atom. The normalized spacial score (nSPS) is 19.4. The number of thiazole rings is 1. The highest BCUT2D eigenvalue weighted by Crippen LogP contribution is 2.43. The van der Waals surface area contributed by atoms with E-state index in [1.165, 1.54) is 5.56 Å². The molecule has 3 aromatic rings. The van der Waals surface area contributed by atoms with Gasteiger partial charge in [-0.25, -0.2) is 4.98 Å². The summed E-state index contributed by atoms with van der Waals surface area (Å²) in [5, 5.41) is 0.766. The predicted octanol–water partition coefficient (Wildman–Crippen LogP) is 5.74. The molecule has 4 rings (SSSR count). The maximum atomic E-state index is 13.1. The third-order valence-corrected chi connectivity index (χ3v) is 5.96. The van der Waals surface area contributed by atoms with Gasteiger partial charge in [0.1, 0.15) is 0 Å². The number of carbonyl (C=O) groups excluding carboxylic acids is 1. The van der Waals surface area contributed by atoms with E-state index in [-0.39, 0.29) is 11.8 Å². The largest absolute Gasteiger partial charge is 0.274 e. The van der Waals surface area contributed by atoms with Crippen LogP contribution in [0.4, 0.5) is 10.8 Å². The summed E-state index contributed by atoms with van der Waals surface area (Å²) < 4.78 is 1.11. The number of nitrogens with zero attached hydrogens (tertiary/aromatic N) is 2. The molecule has 0 aliphatic heterocycles. The Balaban J connectivity index is 1.77. The molecule has 2 aromatic carbocycles. The number of hydrogen-bond donors (Lipinski definition) is 0. The first-order chi connectivity index (χ1) is 12.0. The average molecular weight is 350 g/mol. The molecule has 0 bridgehead atoms. The molecule has 0 saturated heterocycles. The zero-order chi connectivity index (χ0) is 17.6. The number of anilines is 2. The summed E-state index contributed by atoms with van der Waals surface area (Å²) >= 11 is 1.58. The molecule has 1 fully saturated rings. The molecular formula is C21H22N2OS. The number of aromatic nitrogens is 1. The first-order valence-corrected chi connectivity index (χ1v) is 9.65. The molecule has 1 heterocycles. The van der Waals surface area contributed by atoms with Gasteiger partial charge in [-0.15, -0.1) is 0 Å². The summed E-state index contributed by atoms with van der Waals surface area (Å²) in [7, 11) is 0. The smallest absolute Gasteiger partial charge is 0.236 e. The first-order valence-electron chi connectivity index (χ1n) is 8.84. The molecule has 0 N–H and O–H groups in total. The van der Waals surface area contributed by atoms with Crippen LogP contribution in [-0.4, -0.2) is 10.9 Å². The Hall–Kier alpha value is -2.20. The molecule has 1 amide bonds. The Morgan fingerprint density at radius 1 is 1.16 bits per heavy atom. The quantitative estimate of drug-likeness (QED) is 0.601. The minimum Gasteiger partial charge on any atom is -0.274 e. The van der Waals surface area contributed by atoms with Crippen LogP contribution in [0.25, 0.3) is 10.2 Å². The topological polar surface area (TPSA) is 33.2 Å². The molecule has 1 saturated carbocycles. The predicted molar refractivity (Wildman–Crippen MR) is 105 cm³/mol. The number of fused-ring (bicyclic) bond motifs is 1. The monoisotopic (exact) mass is 350 g/mol. The van der Waals surface area contributed by atoms with Crippen LogP contribution in [0.2, 0.25) is 0 Å². The van der Waals surface area contributed by atoms with Gasteiger partial charge < -0.3 is 0 Å². The van der Waals surface area contributed by atoms with Crippen LogP contribution in [0.1, 0.15) is 38.7 Å². The first kappa shape index (κ1) is 16.3. The number of para-hydroxylation sites is 1. The molecule has 1 aliphatic carbocycles. The highest BCUT2D eigenvalue weighted by atomic mass is 32.1. The summed E-state index contributed by atoms with van der Waals surface area (Å²) in [6.07, 6.45) is 0.976. The second-order valence-electron chi connectivity index (χ2n) is 7.20. The van der Waals surface area contributed by atoms with Gasteiger partial charge >= 0.3 is 0 Å². The van der Waals surface area contributed by atoms with Crippen molar-refractivity contribution in [2.24, 2.45) is 11.8 Å². The van der Waals surface area contributed by atoms with Crippen LogP contribution in [0.3, 0.4) is 0 Å². The lowest BCUT2D eigenvalue weighted by Gasteiger charge is -2.21. The Kier molecular flexibility index (Phi) is 4.08. The van der Waals surface area contributed by atoms with Gasteiger partial charge in [-0.1, -0.05) is 56.4 Å². The van der Waals surface area contributed by atoms with Crippen molar-refractivity contribution in [2.75, 3.05) is 4.90 Å². The average Bonchev–Trinajstić information content (AvgIpc) is 3.18. The minimum absolute atomic E-state index is 0.122. The van der Waals surface area contributed by atoms with Crippen LogP contribution in [0.15, 0.2) is 48.5 Å². The molecule has 0 radical (unpaired) electrons. The fraction of sp³-hybridized carbons (Fsp3) is 0.333. The zero-order valence-electron chi connectivity index (χ0n) is 14.8. The molecule has 1 aliphatic rings. The molecule has 25 heavy (non-hydrogen) atoms. The van der Waals surface area contributed by atoms with Gasteiger partial charge in [-0.05, 0) is 48.1 Å². The van der Waals surface area contributed by atoms with Crippen molar-refractivity contribution in [2.45, 2.75) is 33.1 Å². The van der Waals surface area contributed by atoms with E-state index in [1.54, 1.807) is 11.3 Å². The molecule has 3 nitrogen and oxygen atoms in total. The number of amides is 1. The number of hydrogen-bond acceptors (Lipinski definition) is 3. The van der Waals surface area contributed by atoms with Crippen LogP contribution < -0.4 is 4.90 Å². The minimum atomic E-state index is 0.122. The molecule has 128 valence electrons. The summed E-state index contributed by atoms with van der Waals surface area (Å²) in [5.41, 5.74) is 3.13. The molecule has 4 heteroatoms. The lowest BCUT2D eigenvalue weighted by molar-refractivity contribution is -0.119. The lowest BCUT2D eigenvalue weighted by Crippen LogP contribution is -2.27. The van der Waals surface area contributed by atoms with E-state index in [0.29, 0.717) is 11.8 Å². The maximum Gasteiger partial charge on any atom is 0.236 e. The second kappa shape index (κ2) is 6.26. The van der Waals surface area contributed by atoms with E-state index in [4.69, 9.17) is 4.98 Å². The van der Waals surface area contributed by atoms with Gasteiger partial charge in [0.05, 0.1) is 15.9 Å². The van der Waals surface area contributed by atoms with Gasteiger partial charge in [0.15, 0.2) is 5.13 Å². The van der Waals surface area contributed by atoms with Crippen molar-refractivity contribution >= 4 is 38.3 Å². The van der Waals surface area contributed by atoms with Crippen LogP contribution in [-0.2, 0) is 4.79 Å². The van der Waals surface area contributed by atoms with E-state index in [1.807, 2.05) is 35.2 Å². The van der Waals surface area contributed by atoms with Crippen molar-refractivity contribution in [3.63, 3.8) is 0 Å². The van der Waals surface area contributed by atoms with Crippen molar-refractivity contribution in [1.82, 2.24) is 4.98 Å². The zero-order valence-corrected chi connectivity index (χ0v) is 15.6. The standard InChI is InChI=1S/C21H22N2OS/c1-13(2)15-8-10-16(11-9-15)23(20(24)17-12-14(17)3)21-22-18-6-4-5-7-19(18)25-21/h4-11,13-14,17H,12H2,1-3H3. The van der Waals surface area contributed by atoms with E-state index in [9.17, 15) is 4.79 Å².